The van der Waals surface area contributed by atoms with Gasteiger partial charge in [0.1, 0.15) is 5.57 Å². The number of halogens is 2. The number of methoxy groups -OCH3 is 1. The zero-order valence-corrected chi connectivity index (χ0v) is 21.8. The summed E-state index contributed by atoms with van der Waals surface area (Å²) in [6.07, 6.45) is 1.55. The number of imide groups is 2. The molecule has 0 radical (unpaired) electrons. The third-order valence-electron chi connectivity index (χ3n) is 5.80. The van der Waals surface area contributed by atoms with Crippen LogP contribution in [-0.4, -0.2) is 47.6 Å². The molecule has 0 aliphatic carbocycles. The van der Waals surface area contributed by atoms with Gasteiger partial charge in [-0.25, -0.2) is 9.69 Å². The number of hydrogen-bond acceptors (Lipinski definition) is 4. The third kappa shape index (κ3) is 4.69. The van der Waals surface area contributed by atoms with Gasteiger partial charge in [0.2, 0.25) is 0 Å². The van der Waals surface area contributed by atoms with E-state index in [2.05, 4.69) is 15.9 Å². The van der Waals surface area contributed by atoms with Crippen molar-refractivity contribution in [3.8, 4) is 5.69 Å². The van der Waals surface area contributed by atoms with E-state index >= 15 is 0 Å². The molecular formula is C26H23BrClN3O4. The highest BCUT2D eigenvalue weighted by molar-refractivity contribution is 9.10. The Labute approximate surface area is 216 Å². The Morgan fingerprint density at radius 1 is 0.971 bits per heavy atom. The fourth-order valence-corrected chi connectivity index (χ4v) is 4.49. The first-order valence-corrected chi connectivity index (χ1v) is 12.0. The van der Waals surface area contributed by atoms with Crippen LogP contribution in [0.15, 0.2) is 64.6 Å². The van der Waals surface area contributed by atoms with Crippen LogP contribution in [0.5, 0.6) is 0 Å². The number of nitrogens with zero attached hydrogens (tertiary/aromatic N) is 3. The van der Waals surface area contributed by atoms with Crippen molar-refractivity contribution in [1.82, 2.24) is 9.47 Å². The molecule has 180 valence electrons. The normalized spacial score (nSPS) is 15.5. The smallest absolute Gasteiger partial charge is 0.338 e. The quantitative estimate of drug-likeness (QED) is 0.295. The van der Waals surface area contributed by atoms with Crippen molar-refractivity contribution in [2.24, 2.45) is 0 Å². The van der Waals surface area contributed by atoms with Gasteiger partial charge >= 0.3 is 6.03 Å². The number of anilines is 1. The fraction of sp³-hybridized carbons (Fsp3) is 0.192. The number of aromatic nitrogens is 1. The van der Waals surface area contributed by atoms with Gasteiger partial charge < -0.3 is 9.30 Å². The maximum Gasteiger partial charge on any atom is 0.338 e. The van der Waals surface area contributed by atoms with Crippen molar-refractivity contribution in [2.75, 3.05) is 25.2 Å². The monoisotopic (exact) mass is 555 g/mol. The Morgan fingerprint density at radius 2 is 1.69 bits per heavy atom. The molecule has 0 atom stereocenters. The molecule has 0 saturated carbocycles. The van der Waals surface area contributed by atoms with E-state index in [1.54, 1.807) is 36.4 Å². The maximum absolute atomic E-state index is 13.5. The van der Waals surface area contributed by atoms with E-state index in [0.29, 0.717) is 16.3 Å². The van der Waals surface area contributed by atoms with E-state index in [-0.39, 0.29) is 18.7 Å². The topological polar surface area (TPSA) is 71.8 Å². The van der Waals surface area contributed by atoms with E-state index < -0.39 is 17.8 Å². The molecular weight excluding hydrogens is 534 g/mol. The number of aryl methyl sites for hydroxylation is 1. The second-order valence-corrected chi connectivity index (χ2v) is 9.29. The lowest BCUT2D eigenvalue weighted by Gasteiger charge is -2.33. The first-order chi connectivity index (χ1) is 16.7. The van der Waals surface area contributed by atoms with Crippen LogP contribution < -0.4 is 4.90 Å². The molecule has 0 unspecified atom stereocenters. The Bertz CT molecular complexity index is 1350. The highest BCUT2D eigenvalue weighted by Gasteiger charge is 2.42. The molecule has 2 heterocycles. The second-order valence-electron chi connectivity index (χ2n) is 8.03. The van der Waals surface area contributed by atoms with Gasteiger partial charge in [0, 0.05) is 28.7 Å². The lowest BCUT2D eigenvalue weighted by atomic mass is 10.1. The number of urea groups is 1. The first-order valence-electron chi connectivity index (χ1n) is 10.8. The molecule has 1 aliphatic rings. The number of benzene rings is 2. The van der Waals surface area contributed by atoms with Gasteiger partial charge in [-0.2, -0.15) is 0 Å². The van der Waals surface area contributed by atoms with E-state index in [4.69, 9.17) is 16.3 Å². The van der Waals surface area contributed by atoms with Gasteiger partial charge in [-0.3, -0.25) is 14.5 Å². The molecule has 4 rings (SSSR count). The van der Waals surface area contributed by atoms with Crippen LogP contribution in [0.4, 0.5) is 10.5 Å². The molecule has 1 aliphatic heterocycles. The third-order valence-corrected chi connectivity index (χ3v) is 7.03. The standard InChI is InChI=1S/C26H23BrClN3O4/c1-16-13-18(17(2)30(16)20-9-10-22(27)23(28)15-20)14-21-24(32)29(11-12-35-3)26(34)31(25(21)33)19-7-5-4-6-8-19/h4-10,13-15H,11-12H2,1-3H3/b21-14-. The summed E-state index contributed by atoms with van der Waals surface area (Å²) >= 11 is 9.70. The molecule has 7 nitrogen and oxygen atoms in total. The largest absolute Gasteiger partial charge is 0.383 e. The van der Waals surface area contributed by atoms with Crippen LogP contribution in [0.1, 0.15) is 17.0 Å². The molecule has 2 aromatic carbocycles. The number of ether oxygens (including phenoxy) is 1. The molecule has 1 saturated heterocycles. The minimum absolute atomic E-state index is 0.0263. The summed E-state index contributed by atoms with van der Waals surface area (Å²) in [6.45, 7) is 4.01. The summed E-state index contributed by atoms with van der Waals surface area (Å²) in [5, 5.41) is 0.568. The van der Waals surface area contributed by atoms with Crippen molar-refractivity contribution in [3.63, 3.8) is 0 Å². The lowest BCUT2D eigenvalue weighted by molar-refractivity contribution is -0.129. The zero-order valence-electron chi connectivity index (χ0n) is 19.4. The van der Waals surface area contributed by atoms with Crippen molar-refractivity contribution in [2.45, 2.75) is 13.8 Å². The molecule has 3 aromatic rings. The van der Waals surface area contributed by atoms with E-state index in [1.807, 2.05) is 42.7 Å². The predicted molar refractivity (Wildman–Crippen MR) is 139 cm³/mol. The minimum atomic E-state index is -0.699. The average molecular weight is 557 g/mol. The highest BCUT2D eigenvalue weighted by atomic mass is 79.9. The van der Waals surface area contributed by atoms with Crippen LogP contribution in [0.3, 0.4) is 0 Å². The van der Waals surface area contributed by atoms with Crippen LogP contribution in [0.2, 0.25) is 5.02 Å². The fourth-order valence-electron chi connectivity index (χ4n) is 4.07. The zero-order chi connectivity index (χ0) is 25.3. The second kappa shape index (κ2) is 10.2. The molecule has 0 bridgehead atoms. The van der Waals surface area contributed by atoms with Crippen LogP contribution in [0.25, 0.3) is 11.8 Å². The number of para-hydroxylation sites is 1. The Balaban J connectivity index is 1.81. The van der Waals surface area contributed by atoms with E-state index in [1.165, 1.54) is 7.11 Å². The Kier molecular flexibility index (Phi) is 7.25. The van der Waals surface area contributed by atoms with Gasteiger partial charge in [0.15, 0.2) is 0 Å². The van der Waals surface area contributed by atoms with E-state index in [9.17, 15) is 14.4 Å². The van der Waals surface area contributed by atoms with Crippen molar-refractivity contribution < 1.29 is 19.1 Å². The molecule has 4 amide bonds. The summed E-state index contributed by atoms with van der Waals surface area (Å²) in [4.78, 5) is 41.9. The molecule has 1 aromatic heterocycles. The van der Waals surface area contributed by atoms with E-state index in [0.717, 1.165) is 31.3 Å². The Hall–Kier alpha value is -3.20. The Morgan fingerprint density at radius 3 is 2.34 bits per heavy atom. The van der Waals surface area contributed by atoms with Crippen molar-refractivity contribution in [3.05, 3.63) is 86.6 Å². The van der Waals surface area contributed by atoms with Gasteiger partial charge in [0.25, 0.3) is 11.8 Å². The lowest BCUT2D eigenvalue weighted by Crippen LogP contribution is -2.57. The number of amides is 4. The van der Waals surface area contributed by atoms with Gasteiger partial charge in [-0.1, -0.05) is 29.8 Å². The molecule has 0 N–H and O–H groups in total. The SMILES string of the molecule is COCCN1C(=O)/C(=C/c2cc(C)n(-c3ccc(Br)c(Cl)c3)c2C)C(=O)N(c2ccccc2)C1=O. The van der Waals surface area contributed by atoms with Gasteiger partial charge in [-0.05, 0) is 77.8 Å². The average Bonchev–Trinajstić information content (AvgIpc) is 3.12. The van der Waals surface area contributed by atoms with Crippen LogP contribution in [-0.2, 0) is 14.3 Å². The number of barbiturate groups is 1. The number of carbonyl (C=O) groups excluding carboxylic acids is 3. The first kappa shape index (κ1) is 24.9. The molecule has 0 spiro atoms. The summed E-state index contributed by atoms with van der Waals surface area (Å²) < 4.78 is 7.86. The van der Waals surface area contributed by atoms with Crippen molar-refractivity contribution >= 4 is 57.1 Å². The van der Waals surface area contributed by atoms with Gasteiger partial charge in [0.05, 0.1) is 23.9 Å². The molecule has 1 fully saturated rings. The van der Waals surface area contributed by atoms with Crippen LogP contribution in [0, 0.1) is 13.8 Å². The molecule has 9 heteroatoms. The summed E-state index contributed by atoms with van der Waals surface area (Å²) in [6, 6.07) is 15.4. The summed E-state index contributed by atoms with van der Waals surface area (Å²) in [5.74, 6) is -1.32. The van der Waals surface area contributed by atoms with Gasteiger partial charge in [-0.15, -0.1) is 0 Å². The summed E-state index contributed by atoms with van der Waals surface area (Å²) in [7, 11) is 1.49. The number of hydrogen-bond donors (Lipinski definition) is 0. The predicted octanol–water partition coefficient (Wildman–Crippen LogP) is 5.54. The van der Waals surface area contributed by atoms with Crippen molar-refractivity contribution in [1.29, 1.82) is 0 Å². The molecule has 35 heavy (non-hydrogen) atoms. The summed E-state index contributed by atoms with van der Waals surface area (Å²) in [5.41, 5.74) is 3.54. The highest BCUT2D eigenvalue weighted by Crippen LogP contribution is 2.30. The number of carbonyl (C=O) groups is 3. The van der Waals surface area contributed by atoms with Crippen LogP contribution >= 0.6 is 27.5 Å². The maximum atomic E-state index is 13.5. The minimum Gasteiger partial charge on any atom is -0.383 e. The number of rotatable bonds is 6.